The lowest BCUT2D eigenvalue weighted by molar-refractivity contribution is -0.114. The van der Waals surface area contributed by atoms with Crippen molar-refractivity contribution in [3.8, 4) is 5.88 Å². The van der Waals surface area contributed by atoms with Crippen molar-refractivity contribution >= 4 is 5.78 Å². The van der Waals surface area contributed by atoms with Gasteiger partial charge in [-0.3, -0.25) is 0 Å². The van der Waals surface area contributed by atoms with Gasteiger partial charge < -0.3 is 9.53 Å². The average Bonchev–Trinajstić information content (AvgIpc) is 2.21. The number of carbonyl (C=O) groups is 1. The van der Waals surface area contributed by atoms with Crippen LogP contribution in [0, 0.1) is 6.92 Å². The molecule has 1 aromatic rings. The summed E-state index contributed by atoms with van der Waals surface area (Å²) in [4.78, 5) is 17.1. The first-order chi connectivity index (χ1) is 7.07. The minimum absolute atomic E-state index is 0.167. The molecule has 0 aliphatic rings. The van der Waals surface area contributed by atoms with Gasteiger partial charge in [0.2, 0.25) is 5.88 Å². The summed E-state index contributed by atoms with van der Waals surface area (Å²) in [5, 5.41) is 0. The second-order valence-corrected chi connectivity index (χ2v) is 2.62. The normalized spacial score (nSPS) is 7.60. The molecule has 0 aromatic carbocycles. The number of ether oxygens (including phenoxy) is 1. The molecule has 1 aromatic heterocycles. The van der Waals surface area contributed by atoms with Crippen LogP contribution in [0.2, 0.25) is 0 Å². The predicted octanol–water partition coefficient (Wildman–Crippen LogP) is 2.42. The summed E-state index contributed by atoms with van der Waals surface area (Å²) >= 11 is 0. The highest BCUT2D eigenvalue weighted by Crippen LogP contribution is 2.08. The van der Waals surface area contributed by atoms with Crippen LogP contribution in [0.4, 0.5) is 0 Å². The molecule has 4 heteroatoms. The van der Waals surface area contributed by atoms with Crippen LogP contribution in [-0.2, 0) is 4.79 Å². The zero-order valence-electron chi connectivity index (χ0n) is 10.4. The van der Waals surface area contributed by atoms with Gasteiger partial charge >= 0.3 is 0 Å². The molecule has 0 amide bonds. The van der Waals surface area contributed by atoms with E-state index in [1.165, 1.54) is 20.2 Å². The Kier molecular flexibility index (Phi) is 11.3. The molecular formula is C11H20N2O2. The van der Waals surface area contributed by atoms with Crippen LogP contribution < -0.4 is 4.74 Å². The SMILES string of the molecule is CC.CC(C)=O.COc1ncncc1C. The number of aromatic nitrogens is 2. The first-order valence-electron chi connectivity index (χ1n) is 4.85. The number of carbonyl (C=O) groups excluding carboxylic acids is 1. The maximum Gasteiger partial charge on any atom is 0.219 e. The van der Waals surface area contributed by atoms with Crippen molar-refractivity contribution in [1.29, 1.82) is 0 Å². The monoisotopic (exact) mass is 212 g/mol. The first-order valence-corrected chi connectivity index (χ1v) is 4.85. The van der Waals surface area contributed by atoms with Crippen molar-refractivity contribution in [3.63, 3.8) is 0 Å². The number of aryl methyl sites for hydroxylation is 1. The fourth-order valence-electron chi connectivity index (χ4n) is 0.602. The molecule has 1 rings (SSSR count). The molecule has 0 saturated carbocycles. The number of methoxy groups -OCH3 is 1. The van der Waals surface area contributed by atoms with Crippen LogP contribution in [0.5, 0.6) is 5.88 Å². The Morgan fingerprint density at radius 2 is 1.80 bits per heavy atom. The van der Waals surface area contributed by atoms with E-state index in [4.69, 9.17) is 4.74 Å². The quantitative estimate of drug-likeness (QED) is 0.717. The lowest BCUT2D eigenvalue weighted by atomic mass is 10.4. The highest BCUT2D eigenvalue weighted by molar-refractivity contribution is 5.72. The van der Waals surface area contributed by atoms with E-state index in [-0.39, 0.29) is 5.78 Å². The van der Waals surface area contributed by atoms with E-state index in [2.05, 4.69) is 9.97 Å². The van der Waals surface area contributed by atoms with Crippen molar-refractivity contribution in [1.82, 2.24) is 9.97 Å². The van der Waals surface area contributed by atoms with Gasteiger partial charge in [-0.2, -0.15) is 0 Å². The Bertz CT molecular complexity index is 271. The lowest BCUT2D eigenvalue weighted by Crippen LogP contribution is -1.90. The van der Waals surface area contributed by atoms with E-state index in [0.29, 0.717) is 5.88 Å². The van der Waals surface area contributed by atoms with Gasteiger partial charge in [0.15, 0.2) is 0 Å². The number of nitrogens with zero attached hydrogens (tertiary/aromatic N) is 2. The zero-order chi connectivity index (χ0) is 12.3. The van der Waals surface area contributed by atoms with E-state index < -0.39 is 0 Å². The smallest absolute Gasteiger partial charge is 0.219 e. The van der Waals surface area contributed by atoms with Crippen molar-refractivity contribution < 1.29 is 9.53 Å². The fraction of sp³-hybridized carbons (Fsp3) is 0.545. The second kappa shape index (κ2) is 10.6. The van der Waals surface area contributed by atoms with Gasteiger partial charge in [0, 0.05) is 11.8 Å². The lowest BCUT2D eigenvalue weighted by Gasteiger charge is -1.98. The Morgan fingerprint density at radius 1 is 1.33 bits per heavy atom. The highest BCUT2D eigenvalue weighted by atomic mass is 16.5. The Balaban J connectivity index is 0. The van der Waals surface area contributed by atoms with E-state index >= 15 is 0 Å². The molecule has 86 valence electrons. The maximum atomic E-state index is 9.44. The second-order valence-electron chi connectivity index (χ2n) is 2.62. The van der Waals surface area contributed by atoms with Crippen molar-refractivity contribution in [2.24, 2.45) is 0 Å². The predicted molar refractivity (Wildman–Crippen MR) is 61.0 cm³/mol. The van der Waals surface area contributed by atoms with Crippen LogP contribution in [0.3, 0.4) is 0 Å². The van der Waals surface area contributed by atoms with Gasteiger partial charge in [-0.15, -0.1) is 0 Å². The standard InChI is InChI=1S/C6H8N2O.C3H6O.C2H6/c1-5-3-7-4-8-6(5)9-2;1-3(2)4;1-2/h3-4H,1-2H3;1-2H3;1-2H3. The van der Waals surface area contributed by atoms with Crippen LogP contribution in [0.1, 0.15) is 33.3 Å². The molecule has 0 saturated heterocycles. The van der Waals surface area contributed by atoms with Gasteiger partial charge in [-0.05, 0) is 20.8 Å². The maximum absolute atomic E-state index is 9.44. The number of hydrogen-bond acceptors (Lipinski definition) is 4. The van der Waals surface area contributed by atoms with Gasteiger partial charge in [-0.25, -0.2) is 9.97 Å². The molecule has 0 fully saturated rings. The third-order valence-corrected chi connectivity index (χ3v) is 1.04. The summed E-state index contributed by atoms with van der Waals surface area (Å²) in [5.41, 5.74) is 0.958. The summed E-state index contributed by atoms with van der Waals surface area (Å²) in [6, 6.07) is 0. The summed E-state index contributed by atoms with van der Waals surface area (Å²) in [6.07, 6.45) is 3.18. The third kappa shape index (κ3) is 10.5. The Labute approximate surface area is 91.7 Å². The van der Waals surface area contributed by atoms with Crippen LogP contribution in [0.25, 0.3) is 0 Å². The van der Waals surface area contributed by atoms with Crippen molar-refractivity contribution in [3.05, 3.63) is 18.1 Å². The molecule has 0 spiro atoms. The zero-order valence-corrected chi connectivity index (χ0v) is 10.4. The van der Waals surface area contributed by atoms with Crippen molar-refractivity contribution in [2.75, 3.05) is 7.11 Å². The molecule has 0 atom stereocenters. The summed E-state index contributed by atoms with van der Waals surface area (Å²) < 4.78 is 4.89. The number of Topliss-reactive ketones (excluding diaryl/α,β-unsaturated/α-hetero) is 1. The van der Waals surface area contributed by atoms with Crippen LogP contribution in [-0.4, -0.2) is 22.9 Å². The molecule has 1 heterocycles. The van der Waals surface area contributed by atoms with Crippen LogP contribution in [0.15, 0.2) is 12.5 Å². The number of hydrogen-bond donors (Lipinski definition) is 0. The molecule has 0 bridgehead atoms. The van der Waals surface area contributed by atoms with Gasteiger partial charge in [-0.1, -0.05) is 13.8 Å². The molecular weight excluding hydrogens is 192 g/mol. The molecule has 0 radical (unpaired) electrons. The number of ketones is 1. The molecule has 0 aliphatic carbocycles. The minimum Gasteiger partial charge on any atom is -0.481 e. The van der Waals surface area contributed by atoms with Gasteiger partial charge in [0.1, 0.15) is 12.1 Å². The summed E-state index contributed by atoms with van der Waals surface area (Å²) in [7, 11) is 1.59. The number of rotatable bonds is 1. The molecule has 4 nitrogen and oxygen atoms in total. The van der Waals surface area contributed by atoms with E-state index in [9.17, 15) is 4.79 Å². The first kappa shape index (κ1) is 16.0. The van der Waals surface area contributed by atoms with Gasteiger partial charge in [0.05, 0.1) is 7.11 Å². The molecule has 15 heavy (non-hydrogen) atoms. The summed E-state index contributed by atoms with van der Waals surface area (Å²) in [6.45, 7) is 8.96. The van der Waals surface area contributed by atoms with E-state index in [1.54, 1.807) is 13.3 Å². The highest BCUT2D eigenvalue weighted by Gasteiger charge is 1.94. The fourth-order valence-corrected chi connectivity index (χ4v) is 0.602. The molecule has 0 N–H and O–H groups in total. The van der Waals surface area contributed by atoms with Crippen LogP contribution >= 0.6 is 0 Å². The largest absolute Gasteiger partial charge is 0.481 e. The van der Waals surface area contributed by atoms with E-state index in [1.807, 2.05) is 20.8 Å². The average molecular weight is 212 g/mol. The summed E-state index contributed by atoms with van der Waals surface area (Å²) in [5.74, 6) is 0.810. The molecule has 0 aliphatic heterocycles. The van der Waals surface area contributed by atoms with Gasteiger partial charge in [0.25, 0.3) is 0 Å². The third-order valence-electron chi connectivity index (χ3n) is 1.04. The Morgan fingerprint density at radius 3 is 2.07 bits per heavy atom. The van der Waals surface area contributed by atoms with E-state index in [0.717, 1.165) is 5.56 Å². The molecule has 0 unspecified atom stereocenters. The minimum atomic E-state index is 0.167. The van der Waals surface area contributed by atoms with Crippen molar-refractivity contribution in [2.45, 2.75) is 34.6 Å². The topological polar surface area (TPSA) is 52.1 Å². The Hall–Kier alpha value is -1.45.